The molecule has 0 aliphatic carbocycles. The van der Waals surface area contributed by atoms with Crippen molar-refractivity contribution in [3.63, 3.8) is 0 Å². The van der Waals surface area contributed by atoms with E-state index in [4.69, 9.17) is 5.11 Å². The molecule has 0 aromatic carbocycles. The van der Waals surface area contributed by atoms with Gasteiger partial charge in [0.05, 0.1) is 5.57 Å². The molecule has 0 aromatic rings. The second-order valence-electron chi connectivity index (χ2n) is 3.19. The van der Waals surface area contributed by atoms with Crippen LogP contribution in [0.25, 0.3) is 0 Å². The fraction of sp³-hybridized carbons (Fsp3) is 0.500. The van der Waals surface area contributed by atoms with Gasteiger partial charge in [0.15, 0.2) is 0 Å². The van der Waals surface area contributed by atoms with Crippen molar-refractivity contribution in [2.24, 2.45) is 10.4 Å². The summed E-state index contributed by atoms with van der Waals surface area (Å²) in [4.78, 5) is 14.2. The van der Waals surface area contributed by atoms with Gasteiger partial charge in [0.2, 0.25) is 0 Å². The van der Waals surface area contributed by atoms with E-state index >= 15 is 0 Å². The number of hydrogen-bond acceptors (Lipinski definition) is 2. The number of alkyl halides is 3. The highest BCUT2D eigenvalue weighted by atomic mass is 19.4. The molecular formula is C8H8F3NO2. The van der Waals surface area contributed by atoms with Crippen LogP contribution in [-0.4, -0.2) is 23.0 Å². The zero-order valence-electron chi connectivity index (χ0n) is 7.51. The maximum Gasteiger partial charge on any atom is 0.415 e. The van der Waals surface area contributed by atoms with Crippen LogP contribution in [0.15, 0.2) is 16.8 Å². The molecule has 1 N–H and O–H groups in total. The van der Waals surface area contributed by atoms with Crippen LogP contribution < -0.4 is 0 Å². The van der Waals surface area contributed by atoms with Crippen LogP contribution in [0.4, 0.5) is 13.2 Å². The lowest BCUT2D eigenvalue weighted by molar-refractivity contribution is -0.148. The van der Waals surface area contributed by atoms with E-state index in [1.165, 1.54) is 6.92 Å². The average molecular weight is 207 g/mol. The van der Waals surface area contributed by atoms with Gasteiger partial charge in [-0.1, -0.05) is 0 Å². The van der Waals surface area contributed by atoms with Crippen LogP contribution in [0.1, 0.15) is 13.8 Å². The summed E-state index contributed by atoms with van der Waals surface area (Å²) in [6.45, 7) is 2.27. The molecule has 0 saturated carbocycles. The number of hydrogen-bond donors (Lipinski definition) is 1. The van der Waals surface area contributed by atoms with Gasteiger partial charge in [0, 0.05) is 11.9 Å². The summed E-state index contributed by atoms with van der Waals surface area (Å²) in [5, 5.41) is 8.75. The first-order valence-corrected chi connectivity index (χ1v) is 3.77. The third kappa shape index (κ3) is 1.30. The summed E-state index contributed by atoms with van der Waals surface area (Å²) in [5.74, 6) is -1.54. The Hall–Kier alpha value is -1.33. The molecule has 0 aromatic heterocycles. The molecule has 0 amide bonds. The fourth-order valence-electron chi connectivity index (χ4n) is 1.24. The van der Waals surface area contributed by atoms with E-state index < -0.39 is 23.1 Å². The predicted octanol–water partition coefficient (Wildman–Crippen LogP) is 2.00. The first kappa shape index (κ1) is 10.7. The molecule has 0 saturated heterocycles. The number of aliphatic carboxylic acids is 1. The summed E-state index contributed by atoms with van der Waals surface area (Å²) in [7, 11) is 0. The SMILES string of the molecule is CC1=NC=C(C(F)(F)F)C1(C)C(=O)O. The molecule has 0 radical (unpaired) electrons. The Morgan fingerprint density at radius 3 is 2.36 bits per heavy atom. The zero-order valence-corrected chi connectivity index (χ0v) is 7.51. The van der Waals surface area contributed by atoms with Gasteiger partial charge >= 0.3 is 12.1 Å². The number of carboxylic acid groups (broad SMARTS) is 1. The highest BCUT2D eigenvalue weighted by Gasteiger charge is 2.54. The lowest BCUT2D eigenvalue weighted by Crippen LogP contribution is -2.39. The Kier molecular flexibility index (Phi) is 2.17. The van der Waals surface area contributed by atoms with Crippen LogP contribution in [0.5, 0.6) is 0 Å². The smallest absolute Gasteiger partial charge is 0.415 e. The van der Waals surface area contributed by atoms with Gasteiger partial charge in [-0.2, -0.15) is 13.2 Å². The molecule has 1 rings (SSSR count). The van der Waals surface area contributed by atoms with Crippen molar-refractivity contribution in [2.45, 2.75) is 20.0 Å². The summed E-state index contributed by atoms with van der Waals surface area (Å²) in [6, 6.07) is 0. The molecule has 0 fully saturated rings. The Bertz CT molecular complexity index is 343. The Morgan fingerprint density at radius 2 is 2.07 bits per heavy atom. The van der Waals surface area contributed by atoms with E-state index in [0.717, 1.165) is 6.92 Å². The van der Waals surface area contributed by atoms with E-state index in [1.54, 1.807) is 0 Å². The van der Waals surface area contributed by atoms with Crippen LogP contribution in [0.3, 0.4) is 0 Å². The molecule has 78 valence electrons. The monoisotopic (exact) mass is 207 g/mol. The second-order valence-corrected chi connectivity index (χ2v) is 3.19. The van der Waals surface area contributed by atoms with Gasteiger partial charge in [-0.3, -0.25) is 9.79 Å². The quantitative estimate of drug-likeness (QED) is 0.714. The Balaban J connectivity index is 3.22. The minimum absolute atomic E-state index is 0.0580. The lowest BCUT2D eigenvalue weighted by Gasteiger charge is -2.24. The van der Waals surface area contributed by atoms with Crippen LogP contribution >= 0.6 is 0 Å². The summed E-state index contributed by atoms with van der Waals surface area (Å²) >= 11 is 0. The summed E-state index contributed by atoms with van der Waals surface area (Å²) in [5.41, 5.74) is -3.23. The molecule has 1 atom stereocenters. The number of carbonyl (C=O) groups is 1. The lowest BCUT2D eigenvalue weighted by atomic mass is 9.80. The normalized spacial score (nSPS) is 27.2. The van der Waals surface area contributed by atoms with Crippen LogP contribution in [0.2, 0.25) is 0 Å². The fourth-order valence-corrected chi connectivity index (χ4v) is 1.24. The largest absolute Gasteiger partial charge is 0.480 e. The minimum Gasteiger partial charge on any atom is -0.480 e. The van der Waals surface area contributed by atoms with E-state index in [1.807, 2.05) is 0 Å². The van der Waals surface area contributed by atoms with Gasteiger partial charge in [-0.25, -0.2) is 0 Å². The topological polar surface area (TPSA) is 49.7 Å². The van der Waals surface area contributed by atoms with E-state index in [0.29, 0.717) is 6.20 Å². The third-order valence-electron chi connectivity index (χ3n) is 2.38. The molecular weight excluding hydrogens is 199 g/mol. The maximum absolute atomic E-state index is 12.4. The standard InChI is InChI=1S/C8H8F3NO2/c1-4-7(2,6(13)14)5(3-12-4)8(9,10)11/h3H,1-2H3,(H,13,14). The Morgan fingerprint density at radius 1 is 1.57 bits per heavy atom. The maximum atomic E-state index is 12.4. The van der Waals surface area contributed by atoms with Crippen molar-refractivity contribution in [3.05, 3.63) is 11.8 Å². The number of rotatable bonds is 1. The zero-order chi connectivity index (χ0) is 11.1. The number of aliphatic imine (C=N–C) groups is 1. The number of carboxylic acids is 1. The summed E-state index contributed by atoms with van der Waals surface area (Å²) < 4.78 is 37.2. The van der Waals surface area contributed by atoms with Gasteiger partial charge in [0.25, 0.3) is 0 Å². The molecule has 1 aliphatic rings. The number of halogens is 3. The van der Waals surface area contributed by atoms with Crippen molar-refractivity contribution in [2.75, 3.05) is 0 Å². The highest BCUT2D eigenvalue weighted by Crippen LogP contribution is 2.43. The number of nitrogens with zero attached hydrogens (tertiary/aromatic N) is 1. The molecule has 0 bridgehead atoms. The van der Waals surface area contributed by atoms with Crippen molar-refractivity contribution >= 4 is 11.7 Å². The van der Waals surface area contributed by atoms with E-state index in [9.17, 15) is 18.0 Å². The molecule has 14 heavy (non-hydrogen) atoms. The minimum atomic E-state index is -4.66. The first-order chi connectivity index (χ1) is 6.20. The van der Waals surface area contributed by atoms with Crippen molar-refractivity contribution in [3.8, 4) is 0 Å². The average Bonchev–Trinajstić information content (AvgIpc) is 2.28. The molecule has 0 spiro atoms. The van der Waals surface area contributed by atoms with Crippen molar-refractivity contribution in [1.82, 2.24) is 0 Å². The molecule has 6 heteroatoms. The second kappa shape index (κ2) is 2.83. The summed E-state index contributed by atoms with van der Waals surface area (Å²) in [6.07, 6.45) is -4.09. The van der Waals surface area contributed by atoms with E-state index in [-0.39, 0.29) is 5.71 Å². The van der Waals surface area contributed by atoms with Gasteiger partial charge in [-0.15, -0.1) is 0 Å². The molecule has 1 unspecified atom stereocenters. The van der Waals surface area contributed by atoms with Crippen LogP contribution in [-0.2, 0) is 4.79 Å². The van der Waals surface area contributed by atoms with Crippen molar-refractivity contribution in [1.29, 1.82) is 0 Å². The molecule has 3 nitrogen and oxygen atoms in total. The van der Waals surface area contributed by atoms with Gasteiger partial charge < -0.3 is 5.11 Å². The molecule has 1 aliphatic heterocycles. The predicted molar refractivity (Wildman–Crippen MR) is 43.0 cm³/mol. The Labute approximate surface area is 77.9 Å². The molecule has 1 heterocycles. The van der Waals surface area contributed by atoms with Gasteiger partial charge in [-0.05, 0) is 13.8 Å². The first-order valence-electron chi connectivity index (χ1n) is 3.77. The van der Waals surface area contributed by atoms with E-state index in [2.05, 4.69) is 4.99 Å². The highest BCUT2D eigenvalue weighted by molar-refractivity contribution is 6.09. The van der Waals surface area contributed by atoms with Crippen LogP contribution in [0, 0.1) is 5.41 Å². The van der Waals surface area contributed by atoms with Gasteiger partial charge in [0.1, 0.15) is 5.41 Å². The third-order valence-corrected chi connectivity index (χ3v) is 2.38. The van der Waals surface area contributed by atoms with Crippen molar-refractivity contribution < 1.29 is 23.1 Å².